The molecule has 5 nitrogen and oxygen atoms in total. The molecule has 2 aromatic carbocycles. The number of nitrogens with two attached hydrogens (primary N) is 1. The van der Waals surface area contributed by atoms with Gasteiger partial charge < -0.3 is 16.4 Å². The summed E-state index contributed by atoms with van der Waals surface area (Å²) in [7, 11) is 0. The molecule has 0 radical (unpaired) electrons. The number of anilines is 1. The molecule has 22 heavy (non-hydrogen) atoms. The summed E-state index contributed by atoms with van der Waals surface area (Å²) < 4.78 is 0. The average molecular weight is 322 g/mol. The number of carbonyl (C=O) groups excluding carboxylic acids is 2. The largest absolute Gasteiger partial charge is 0.355 e. The third-order valence-electron chi connectivity index (χ3n) is 3.11. The van der Waals surface area contributed by atoms with Crippen LogP contribution in [0.15, 0.2) is 42.5 Å². The molecule has 4 N–H and O–H groups in total. The fraction of sp³-hybridized carbons (Fsp3) is 0.250. The molecule has 0 aliphatic carbocycles. The van der Waals surface area contributed by atoms with E-state index in [0.717, 1.165) is 16.5 Å². The Bertz CT molecular complexity index is 641. The quantitative estimate of drug-likeness (QED) is 0.761. The molecule has 0 heterocycles. The van der Waals surface area contributed by atoms with E-state index in [4.69, 9.17) is 5.73 Å². The molecule has 0 saturated carbocycles. The van der Waals surface area contributed by atoms with Gasteiger partial charge in [0.15, 0.2) is 0 Å². The highest BCUT2D eigenvalue weighted by Crippen LogP contribution is 2.23. The van der Waals surface area contributed by atoms with Gasteiger partial charge in [-0.25, -0.2) is 0 Å². The first-order valence-electron chi connectivity index (χ1n) is 6.95. The molecule has 0 atom stereocenters. The van der Waals surface area contributed by atoms with E-state index in [-0.39, 0.29) is 37.1 Å². The third-order valence-corrected chi connectivity index (χ3v) is 3.11. The Kier molecular flexibility index (Phi) is 7.36. The van der Waals surface area contributed by atoms with Crippen LogP contribution < -0.4 is 16.4 Å². The molecule has 6 heteroatoms. The van der Waals surface area contributed by atoms with Crippen molar-refractivity contribution in [1.82, 2.24) is 5.32 Å². The van der Waals surface area contributed by atoms with Crippen LogP contribution in [0.4, 0.5) is 5.69 Å². The SMILES string of the molecule is Cl.NCCNC(=O)CCC(=O)Nc1cccc2ccccc12. The number of benzene rings is 2. The summed E-state index contributed by atoms with van der Waals surface area (Å²) in [6.07, 6.45) is 0.316. The van der Waals surface area contributed by atoms with Crippen molar-refractivity contribution in [3.8, 4) is 0 Å². The Balaban J connectivity index is 0.00000242. The molecule has 0 fully saturated rings. The number of fused-ring (bicyclic) bond motifs is 1. The molecule has 0 saturated heterocycles. The summed E-state index contributed by atoms with van der Waals surface area (Å²) >= 11 is 0. The summed E-state index contributed by atoms with van der Waals surface area (Å²) in [5, 5.41) is 7.54. The molecule has 2 amide bonds. The Morgan fingerprint density at radius 2 is 1.64 bits per heavy atom. The minimum Gasteiger partial charge on any atom is -0.355 e. The summed E-state index contributed by atoms with van der Waals surface area (Å²) in [6.45, 7) is 0.831. The van der Waals surface area contributed by atoms with E-state index >= 15 is 0 Å². The van der Waals surface area contributed by atoms with Gasteiger partial charge in [0.25, 0.3) is 0 Å². The number of hydrogen-bond acceptors (Lipinski definition) is 3. The van der Waals surface area contributed by atoms with Gasteiger partial charge in [-0.1, -0.05) is 36.4 Å². The molecule has 0 bridgehead atoms. The van der Waals surface area contributed by atoms with Crippen molar-refractivity contribution in [3.63, 3.8) is 0 Å². The highest BCUT2D eigenvalue weighted by atomic mass is 35.5. The van der Waals surface area contributed by atoms with Crippen LogP contribution in [-0.4, -0.2) is 24.9 Å². The number of amides is 2. The Morgan fingerprint density at radius 3 is 2.41 bits per heavy atom. The summed E-state index contributed by atoms with van der Waals surface area (Å²) in [6, 6.07) is 13.6. The van der Waals surface area contributed by atoms with Crippen molar-refractivity contribution in [2.45, 2.75) is 12.8 Å². The maximum absolute atomic E-state index is 11.9. The van der Waals surface area contributed by atoms with E-state index in [1.165, 1.54) is 0 Å². The lowest BCUT2D eigenvalue weighted by atomic mass is 10.1. The molecule has 0 aliphatic heterocycles. The van der Waals surface area contributed by atoms with E-state index in [9.17, 15) is 9.59 Å². The van der Waals surface area contributed by atoms with Gasteiger partial charge in [0.2, 0.25) is 11.8 Å². The highest BCUT2D eigenvalue weighted by molar-refractivity contribution is 6.02. The molecule has 0 unspecified atom stereocenters. The number of nitrogens with one attached hydrogen (secondary N) is 2. The topological polar surface area (TPSA) is 84.2 Å². The monoisotopic (exact) mass is 321 g/mol. The summed E-state index contributed by atoms with van der Waals surface area (Å²) in [5.74, 6) is -0.331. The Hall–Kier alpha value is -2.11. The average Bonchev–Trinajstić information content (AvgIpc) is 2.51. The maximum Gasteiger partial charge on any atom is 0.224 e. The number of carbonyl (C=O) groups is 2. The molecule has 0 aliphatic rings. The zero-order chi connectivity index (χ0) is 15.1. The molecular formula is C16H20ClN3O2. The van der Waals surface area contributed by atoms with Crippen LogP contribution in [0.25, 0.3) is 10.8 Å². The lowest BCUT2D eigenvalue weighted by molar-refractivity contribution is -0.124. The lowest BCUT2D eigenvalue weighted by Gasteiger charge is -2.08. The normalized spacial score (nSPS) is 9.86. The standard InChI is InChI=1S/C16H19N3O2.ClH/c17-10-11-18-15(20)8-9-16(21)19-14-7-3-5-12-4-1-2-6-13(12)14;/h1-7H,8-11,17H2,(H,18,20)(H,19,21);1H. The minimum absolute atomic E-state index is 0. The van der Waals surface area contributed by atoms with Gasteiger partial charge in [-0.3, -0.25) is 9.59 Å². The summed E-state index contributed by atoms with van der Waals surface area (Å²) in [5.41, 5.74) is 6.06. The predicted molar refractivity (Wildman–Crippen MR) is 91.1 cm³/mol. The first-order valence-corrected chi connectivity index (χ1v) is 6.95. The van der Waals surface area contributed by atoms with Crippen LogP contribution in [0.5, 0.6) is 0 Å². The fourth-order valence-electron chi connectivity index (χ4n) is 2.07. The molecular weight excluding hydrogens is 302 g/mol. The van der Waals surface area contributed by atoms with E-state index in [1.54, 1.807) is 0 Å². The van der Waals surface area contributed by atoms with Gasteiger partial charge >= 0.3 is 0 Å². The van der Waals surface area contributed by atoms with Crippen molar-refractivity contribution in [2.24, 2.45) is 5.73 Å². The number of rotatable bonds is 6. The van der Waals surface area contributed by atoms with Gasteiger partial charge in [-0.2, -0.15) is 0 Å². The van der Waals surface area contributed by atoms with E-state index in [0.29, 0.717) is 13.1 Å². The van der Waals surface area contributed by atoms with E-state index in [1.807, 2.05) is 42.5 Å². The van der Waals surface area contributed by atoms with Crippen LogP contribution in [0.2, 0.25) is 0 Å². The second-order valence-electron chi connectivity index (χ2n) is 4.71. The summed E-state index contributed by atoms with van der Waals surface area (Å²) in [4.78, 5) is 23.3. The molecule has 0 spiro atoms. The van der Waals surface area contributed by atoms with Gasteiger partial charge in [-0.05, 0) is 11.5 Å². The zero-order valence-corrected chi connectivity index (χ0v) is 13.0. The maximum atomic E-state index is 11.9. The molecule has 2 aromatic rings. The van der Waals surface area contributed by atoms with Crippen LogP contribution in [0.3, 0.4) is 0 Å². The van der Waals surface area contributed by atoms with Crippen molar-refractivity contribution in [2.75, 3.05) is 18.4 Å². The number of hydrogen-bond donors (Lipinski definition) is 3. The van der Waals surface area contributed by atoms with Crippen molar-refractivity contribution >= 4 is 40.7 Å². The fourth-order valence-corrected chi connectivity index (χ4v) is 2.07. The predicted octanol–water partition coefficient (Wildman–Crippen LogP) is 2.06. The number of halogens is 1. The Labute approximate surface area is 135 Å². The van der Waals surface area contributed by atoms with Crippen LogP contribution in [0.1, 0.15) is 12.8 Å². The van der Waals surface area contributed by atoms with Gasteiger partial charge in [0, 0.05) is 37.0 Å². The third kappa shape index (κ3) is 5.02. The van der Waals surface area contributed by atoms with E-state index in [2.05, 4.69) is 10.6 Å². The minimum atomic E-state index is -0.172. The van der Waals surface area contributed by atoms with Crippen molar-refractivity contribution < 1.29 is 9.59 Å². The molecule has 118 valence electrons. The van der Waals surface area contributed by atoms with Gasteiger partial charge in [0.1, 0.15) is 0 Å². The van der Waals surface area contributed by atoms with Crippen molar-refractivity contribution in [3.05, 3.63) is 42.5 Å². The van der Waals surface area contributed by atoms with E-state index < -0.39 is 0 Å². The van der Waals surface area contributed by atoms with Gasteiger partial charge in [-0.15, -0.1) is 12.4 Å². The van der Waals surface area contributed by atoms with Gasteiger partial charge in [0.05, 0.1) is 0 Å². The van der Waals surface area contributed by atoms with Crippen LogP contribution >= 0.6 is 12.4 Å². The lowest BCUT2D eigenvalue weighted by Crippen LogP contribution is -2.29. The zero-order valence-electron chi connectivity index (χ0n) is 12.2. The highest BCUT2D eigenvalue weighted by Gasteiger charge is 2.08. The first kappa shape index (κ1) is 17.9. The second kappa shape index (κ2) is 9.02. The first-order chi connectivity index (χ1) is 10.2. The van der Waals surface area contributed by atoms with Crippen LogP contribution in [0, 0.1) is 0 Å². The van der Waals surface area contributed by atoms with Crippen LogP contribution in [-0.2, 0) is 9.59 Å². The second-order valence-corrected chi connectivity index (χ2v) is 4.71. The van der Waals surface area contributed by atoms with Crippen molar-refractivity contribution in [1.29, 1.82) is 0 Å². The Morgan fingerprint density at radius 1 is 0.955 bits per heavy atom. The molecule has 2 rings (SSSR count). The molecule has 0 aromatic heterocycles. The smallest absolute Gasteiger partial charge is 0.224 e.